The summed E-state index contributed by atoms with van der Waals surface area (Å²) in [5, 5.41) is 4.61. The van der Waals surface area contributed by atoms with Crippen molar-refractivity contribution in [2.24, 2.45) is 8.80 Å². The van der Waals surface area contributed by atoms with Gasteiger partial charge in [-0.2, -0.15) is 12.8 Å². The van der Waals surface area contributed by atoms with E-state index in [0.717, 1.165) is 4.88 Å². The molecule has 34 heavy (non-hydrogen) atoms. The first-order chi connectivity index (χ1) is 16.3. The first kappa shape index (κ1) is 28.6. The first-order valence-corrected chi connectivity index (χ1v) is 15.0. The van der Waals surface area contributed by atoms with E-state index < -0.39 is 10.3 Å². The normalized spacial score (nSPS) is 12.1. The minimum absolute atomic E-state index is 0.194. The van der Waals surface area contributed by atoms with Gasteiger partial charge >= 0.3 is 43.6 Å². The van der Waals surface area contributed by atoms with E-state index in [9.17, 15) is 8.42 Å². The van der Waals surface area contributed by atoms with Gasteiger partial charge in [0.15, 0.2) is 18.0 Å². The number of para-hydroxylation sites is 2. The molecular formula is C20H18Cl2FeN2O6S3. The van der Waals surface area contributed by atoms with Gasteiger partial charge in [-0.25, -0.2) is 0 Å². The van der Waals surface area contributed by atoms with Gasteiger partial charge in [-0.3, -0.25) is 0 Å². The molecule has 1 aromatic heterocycles. The Morgan fingerprint density at radius 3 is 2.00 bits per heavy atom. The van der Waals surface area contributed by atoms with Crippen molar-refractivity contribution >= 4 is 65.5 Å². The molecule has 3 rings (SSSR count). The van der Waals surface area contributed by atoms with E-state index >= 15 is 0 Å². The Labute approximate surface area is 221 Å². The maximum absolute atomic E-state index is 12.2. The zero-order chi connectivity index (χ0) is 24.8. The average molecular weight is 605 g/mol. The minimum atomic E-state index is -4.13. The van der Waals surface area contributed by atoms with E-state index in [1.165, 1.54) is 11.3 Å². The number of halogens is 2. The Kier molecular flexibility index (Phi) is 13.0. The molecule has 0 aliphatic rings. The predicted octanol–water partition coefficient (Wildman–Crippen LogP) is 6.57. The van der Waals surface area contributed by atoms with Gasteiger partial charge in [0.2, 0.25) is 0 Å². The summed E-state index contributed by atoms with van der Waals surface area (Å²) < 4.78 is 42.0. The second kappa shape index (κ2) is 15.4. The molecule has 0 N–H and O–H groups in total. The van der Waals surface area contributed by atoms with Crippen molar-refractivity contribution in [3.63, 3.8) is 0 Å². The van der Waals surface area contributed by atoms with Crippen LogP contribution in [0.4, 0.5) is 0 Å². The summed E-state index contributed by atoms with van der Waals surface area (Å²) >= 11 is 2.23. The van der Waals surface area contributed by atoms with Crippen LogP contribution in [-0.2, 0) is 32.8 Å². The van der Waals surface area contributed by atoms with Crippen LogP contribution < -0.4 is 9.07 Å². The van der Waals surface area contributed by atoms with E-state index in [-0.39, 0.29) is 18.9 Å². The van der Waals surface area contributed by atoms with Crippen molar-refractivity contribution in [1.29, 1.82) is 0 Å². The molecule has 0 radical (unpaired) electrons. The molecule has 0 saturated carbocycles. The predicted molar refractivity (Wildman–Crippen MR) is 133 cm³/mol. The SMILES string of the molecule is C/C(=N\SOOOc1ccccc1)c1ccc(/C(C)=N/S(=O)(=O)Oc2ccccc2)s1.[Cl][Fe][Cl]. The second-order valence-electron chi connectivity index (χ2n) is 6.00. The van der Waals surface area contributed by atoms with Gasteiger partial charge in [0, 0.05) is 14.8 Å². The van der Waals surface area contributed by atoms with Crippen LogP contribution in [0, 0.1) is 0 Å². The quantitative estimate of drug-likeness (QED) is 0.0491. The number of rotatable bonds is 10. The van der Waals surface area contributed by atoms with Gasteiger partial charge in [0.1, 0.15) is 5.75 Å². The molecule has 1 heterocycles. The molecule has 0 saturated heterocycles. The molecule has 0 bridgehead atoms. The van der Waals surface area contributed by atoms with Gasteiger partial charge in [-0.05, 0) is 50.2 Å². The number of thiophene rings is 1. The van der Waals surface area contributed by atoms with E-state index in [2.05, 4.69) is 13.8 Å². The third kappa shape index (κ3) is 10.8. The van der Waals surface area contributed by atoms with Crippen LogP contribution in [0.2, 0.25) is 0 Å². The van der Waals surface area contributed by atoms with Gasteiger partial charge in [-0.1, -0.05) is 40.7 Å². The molecule has 0 fully saturated rings. The number of benzene rings is 2. The van der Waals surface area contributed by atoms with Gasteiger partial charge in [0.25, 0.3) is 0 Å². The molecule has 0 atom stereocenters. The van der Waals surface area contributed by atoms with Crippen molar-refractivity contribution in [2.75, 3.05) is 0 Å². The van der Waals surface area contributed by atoms with E-state index in [0.29, 0.717) is 34.3 Å². The van der Waals surface area contributed by atoms with Gasteiger partial charge < -0.3 is 9.07 Å². The Balaban J connectivity index is 0.00000129. The fourth-order valence-corrected chi connectivity index (χ4v) is 4.34. The number of hydrogen-bond donors (Lipinski definition) is 0. The van der Waals surface area contributed by atoms with Crippen molar-refractivity contribution in [1.82, 2.24) is 0 Å². The van der Waals surface area contributed by atoms with Gasteiger partial charge in [0.05, 0.1) is 11.4 Å². The molecule has 3 aromatic rings. The molecular weight excluding hydrogens is 587 g/mol. The van der Waals surface area contributed by atoms with Crippen LogP contribution in [-0.4, -0.2) is 19.8 Å². The molecule has 14 heteroatoms. The monoisotopic (exact) mass is 604 g/mol. The van der Waals surface area contributed by atoms with E-state index in [1.807, 2.05) is 12.1 Å². The molecule has 0 aliphatic carbocycles. The van der Waals surface area contributed by atoms with Crippen LogP contribution in [0.15, 0.2) is 81.6 Å². The fraction of sp³-hybridized carbons (Fsp3) is 0.100. The van der Waals surface area contributed by atoms with Crippen LogP contribution in [0.25, 0.3) is 0 Å². The Hall–Kier alpha value is -1.60. The number of hydrogen-bond acceptors (Lipinski definition) is 9. The third-order valence-electron chi connectivity index (χ3n) is 3.62. The third-order valence-corrected chi connectivity index (χ3v) is 6.29. The summed E-state index contributed by atoms with van der Waals surface area (Å²) in [5.41, 5.74) is 0.962. The first-order valence-electron chi connectivity index (χ1n) is 9.13. The summed E-state index contributed by atoms with van der Waals surface area (Å²) in [7, 11) is 5.40. The summed E-state index contributed by atoms with van der Waals surface area (Å²) in [6.07, 6.45) is 0. The molecule has 0 spiro atoms. The zero-order valence-electron chi connectivity index (χ0n) is 17.6. The van der Waals surface area contributed by atoms with Crippen LogP contribution in [0.5, 0.6) is 11.5 Å². The summed E-state index contributed by atoms with van der Waals surface area (Å²) in [5.74, 6) is 0.692. The van der Waals surface area contributed by atoms with Gasteiger partial charge in [-0.15, -0.1) is 15.7 Å². The zero-order valence-corrected chi connectivity index (χ0v) is 22.7. The fourth-order valence-electron chi connectivity index (χ4n) is 2.21. The molecule has 0 amide bonds. The summed E-state index contributed by atoms with van der Waals surface area (Å²) in [6.45, 7) is 3.38. The molecule has 8 nitrogen and oxygen atoms in total. The van der Waals surface area contributed by atoms with Crippen LogP contribution in [0.1, 0.15) is 23.6 Å². The maximum atomic E-state index is 12.2. The van der Waals surface area contributed by atoms with E-state index in [1.54, 1.807) is 74.5 Å². The van der Waals surface area contributed by atoms with Crippen LogP contribution >= 0.6 is 43.8 Å². The van der Waals surface area contributed by atoms with E-state index in [4.69, 9.17) is 33.6 Å². The average Bonchev–Trinajstić information content (AvgIpc) is 3.31. The van der Waals surface area contributed by atoms with Crippen molar-refractivity contribution < 1.29 is 40.0 Å². The Bertz CT molecular complexity index is 1180. The second-order valence-corrected chi connectivity index (χ2v) is 10.6. The standard InChI is InChI=1S/C20H18N2O6S3.2ClH.Fe/c1-15(21-30-28-27-25-17-9-5-3-6-10-17)19-13-14-20(29-19)16(2)22-31(23,24)26-18-11-7-4-8-12-18;;;/h3-14H,1-2H3;2*1H;/q;;;+2/p-2/b21-15+,22-16+;;;. The summed E-state index contributed by atoms with van der Waals surface area (Å²) in [4.78, 5) is 6.40. The van der Waals surface area contributed by atoms with Crippen molar-refractivity contribution in [2.45, 2.75) is 13.8 Å². The molecule has 0 unspecified atom stereocenters. The summed E-state index contributed by atoms with van der Waals surface area (Å²) in [6, 6.07) is 20.6. The van der Waals surface area contributed by atoms with Crippen LogP contribution in [0.3, 0.4) is 0 Å². The Morgan fingerprint density at radius 2 is 1.41 bits per heavy atom. The topological polar surface area (TPSA) is 95.8 Å². The molecule has 184 valence electrons. The number of nitrogens with zero attached hydrogens (tertiary/aromatic N) is 2. The van der Waals surface area contributed by atoms with Crippen molar-refractivity contribution in [3.05, 3.63) is 82.6 Å². The molecule has 2 aromatic carbocycles. The van der Waals surface area contributed by atoms with Crippen molar-refractivity contribution in [3.8, 4) is 11.5 Å². The molecule has 0 aliphatic heterocycles. The Morgan fingerprint density at radius 1 is 0.882 bits per heavy atom.